The van der Waals surface area contributed by atoms with Gasteiger partial charge in [0.15, 0.2) is 0 Å². The van der Waals surface area contributed by atoms with Crippen molar-refractivity contribution in [1.29, 1.82) is 0 Å². The van der Waals surface area contributed by atoms with Crippen molar-refractivity contribution in [2.45, 2.75) is 6.54 Å². The van der Waals surface area contributed by atoms with Crippen LogP contribution in [-0.4, -0.2) is 4.98 Å². The molecule has 2 aromatic rings. The smallest absolute Gasteiger partial charge is 0.126 e. The topological polar surface area (TPSA) is 24.9 Å². The van der Waals surface area contributed by atoms with Gasteiger partial charge in [0.2, 0.25) is 0 Å². The molecule has 0 saturated heterocycles. The standard InChI is InChI=1S/C12H8Br2ClFN2/c13-7-1-11(14)12(18-5-7)6-17-10-3-8(15)2-9(16)4-10/h1-5,17H,6H2. The van der Waals surface area contributed by atoms with Crippen molar-refractivity contribution in [3.05, 3.63) is 55.9 Å². The third-order valence-electron chi connectivity index (χ3n) is 2.21. The molecule has 0 amide bonds. The van der Waals surface area contributed by atoms with Crippen LogP contribution in [0.5, 0.6) is 0 Å². The molecule has 0 saturated carbocycles. The Bertz CT molecular complexity index is 558. The second kappa shape index (κ2) is 5.99. The average molecular weight is 394 g/mol. The highest BCUT2D eigenvalue weighted by molar-refractivity contribution is 9.11. The number of nitrogens with zero attached hydrogens (tertiary/aromatic N) is 1. The first kappa shape index (κ1) is 13.8. The maximum absolute atomic E-state index is 13.1. The van der Waals surface area contributed by atoms with Crippen LogP contribution in [0.2, 0.25) is 5.02 Å². The van der Waals surface area contributed by atoms with E-state index in [-0.39, 0.29) is 5.82 Å². The van der Waals surface area contributed by atoms with Crippen molar-refractivity contribution in [3.8, 4) is 0 Å². The number of pyridine rings is 1. The monoisotopic (exact) mass is 392 g/mol. The van der Waals surface area contributed by atoms with Gasteiger partial charge in [-0.1, -0.05) is 11.6 Å². The number of aromatic nitrogens is 1. The van der Waals surface area contributed by atoms with Crippen LogP contribution in [0.15, 0.2) is 39.4 Å². The van der Waals surface area contributed by atoms with E-state index < -0.39 is 0 Å². The predicted molar refractivity (Wildman–Crippen MR) is 78.4 cm³/mol. The molecule has 0 radical (unpaired) electrons. The van der Waals surface area contributed by atoms with Crippen molar-refractivity contribution in [1.82, 2.24) is 4.98 Å². The maximum atomic E-state index is 13.1. The molecule has 0 bridgehead atoms. The minimum atomic E-state index is -0.368. The fraction of sp³-hybridized carbons (Fsp3) is 0.0833. The number of nitrogens with one attached hydrogen (secondary N) is 1. The van der Waals surface area contributed by atoms with Gasteiger partial charge in [0, 0.05) is 25.9 Å². The van der Waals surface area contributed by atoms with Crippen LogP contribution in [0.25, 0.3) is 0 Å². The zero-order valence-electron chi connectivity index (χ0n) is 9.05. The summed E-state index contributed by atoms with van der Waals surface area (Å²) in [5.41, 5.74) is 1.45. The molecule has 6 heteroatoms. The molecule has 0 unspecified atom stereocenters. The highest BCUT2D eigenvalue weighted by atomic mass is 79.9. The van der Waals surface area contributed by atoms with E-state index in [1.807, 2.05) is 6.07 Å². The molecule has 0 fully saturated rings. The van der Waals surface area contributed by atoms with Gasteiger partial charge in [-0.15, -0.1) is 0 Å². The van der Waals surface area contributed by atoms with Gasteiger partial charge in [-0.3, -0.25) is 4.98 Å². The third-order valence-corrected chi connectivity index (χ3v) is 3.55. The van der Waals surface area contributed by atoms with Gasteiger partial charge in [0.1, 0.15) is 5.82 Å². The lowest BCUT2D eigenvalue weighted by atomic mass is 10.3. The van der Waals surface area contributed by atoms with Crippen LogP contribution in [0.1, 0.15) is 5.69 Å². The SMILES string of the molecule is Fc1cc(Cl)cc(NCc2ncc(Br)cc2Br)c1. The normalized spacial score (nSPS) is 10.4. The molecule has 1 heterocycles. The summed E-state index contributed by atoms with van der Waals surface area (Å²) in [6.07, 6.45) is 1.71. The Morgan fingerprint density at radius 3 is 2.67 bits per heavy atom. The largest absolute Gasteiger partial charge is 0.379 e. The van der Waals surface area contributed by atoms with E-state index in [0.717, 1.165) is 14.6 Å². The Balaban J connectivity index is 2.11. The van der Waals surface area contributed by atoms with Gasteiger partial charge in [-0.2, -0.15) is 0 Å². The number of rotatable bonds is 3. The zero-order valence-corrected chi connectivity index (χ0v) is 13.0. The number of hydrogen-bond donors (Lipinski definition) is 1. The van der Waals surface area contributed by atoms with Crippen LogP contribution in [0.4, 0.5) is 10.1 Å². The summed E-state index contributed by atoms with van der Waals surface area (Å²) in [6.45, 7) is 0.480. The first-order valence-electron chi connectivity index (χ1n) is 5.04. The molecule has 1 aromatic heterocycles. The fourth-order valence-electron chi connectivity index (χ4n) is 1.41. The number of halogens is 4. The van der Waals surface area contributed by atoms with Gasteiger partial charge in [0.05, 0.1) is 12.2 Å². The molecule has 0 aliphatic heterocycles. The van der Waals surface area contributed by atoms with Crippen molar-refractivity contribution < 1.29 is 4.39 Å². The second-order valence-electron chi connectivity index (χ2n) is 3.59. The maximum Gasteiger partial charge on any atom is 0.126 e. The number of anilines is 1. The van der Waals surface area contributed by atoms with E-state index in [2.05, 4.69) is 42.2 Å². The molecular formula is C12H8Br2ClFN2. The van der Waals surface area contributed by atoms with Gasteiger partial charge in [-0.05, 0) is 56.1 Å². The molecule has 0 spiro atoms. The summed E-state index contributed by atoms with van der Waals surface area (Å²) in [7, 11) is 0. The van der Waals surface area contributed by atoms with Crippen molar-refractivity contribution in [2.24, 2.45) is 0 Å². The lowest BCUT2D eigenvalue weighted by molar-refractivity contribution is 0.628. The van der Waals surface area contributed by atoms with Crippen molar-refractivity contribution >= 4 is 49.1 Å². The van der Waals surface area contributed by atoms with Crippen LogP contribution in [0.3, 0.4) is 0 Å². The first-order chi connectivity index (χ1) is 8.54. The van der Waals surface area contributed by atoms with Crippen molar-refractivity contribution in [3.63, 3.8) is 0 Å². The van der Waals surface area contributed by atoms with E-state index in [9.17, 15) is 4.39 Å². The van der Waals surface area contributed by atoms with Gasteiger partial charge < -0.3 is 5.32 Å². The zero-order chi connectivity index (χ0) is 13.1. The van der Waals surface area contributed by atoms with E-state index in [4.69, 9.17) is 11.6 Å². The molecule has 0 aliphatic carbocycles. The van der Waals surface area contributed by atoms with Crippen LogP contribution >= 0.6 is 43.5 Å². The molecule has 18 heavy (non-hydrogen) atoms. The van der Waals surface area contributed by atoms with E-state index in [1.54, 1.807) is 12.3 Å². The second-order valence-corrected chi connectivity index (χ2v) is 5.80. The van der Waals surface area contributed by atoms with Crippen LogP contribution in [0, 0.1) is 5.82 Å². The number of hydrogen-bond acceptors (Lipinski definition) is 2. The molecule has 0 atom stereocenters. The Morgan fingerprint density at radius 2 is 2.00 bits per heavy atom. The minimum Gasteiger partial charge on any atom is -0.379 e. The summed E-state index contributed by atoms with van der Waals surface area (Å²) in [4.78, 5) is 4.25. The molecule has 94 valence electrons. The molecule has 2 rings (SSSR count). The Kier molecular flexibility index (Phi) is 4.59. The summed E-state index contributed by atoms with van der Waals surface area (Å²) in [5.74, 6) is -0.368. The summed E-state index contributed by atoms with van der Waals surface area (Å²) < 4.78 is 14.9. The molecule has 1 aromatic carbocycles. The fourth-order valence-corrected chi connectivity index (χ4v) is 2.76. The molecule has 2 nitrogen and oxygen atoms in total. The quantitative estimate of drug-likeness (QED) is 0.792. The van der Waals surface area contributed by atoms with E-state index >= 15 is 0 Å². The average Bonchev–Trinajstić information content (AvgIpc) is 2.26. The minimum absolute atomic E-state index is 0.361. The number of benzene rings is 1. The van der Waals surface area contributed by atoms with Crippen molar-refractivity contribution in [2.75, 3.05) is 5.32 Å². The van der Waals surface area contributed by atoms with Crippen LogP contribution < -0.4 is 5.32 Å². The summed E-state index contributed by atoms with van der Waals surface area (Å²) in [6, 6.07) is 6.22. The van der Waals surface area contributed by atoms with E-state index in [0.29, 0.717) is 17.3 Å². The highest BCUT2D eigenvalue weighted by Crippen LogP contribution is 2.22. The van der Waals surface area contributed by atoms with Gasteiger partial charge >= 0.3 is 0 Å². The Labute approximate surface area is 126 Å². The van der Waals surface area contributed by atoms with Gasteiger partial charge in [-0.25, -0.2) is 4.39 Å². The molecule has 1 N–H and O–H groups in total. The first-order valence-corrected chi connectivity index (χ1v) is 7.01. The summed E-state index contributed by atoms with van der Waals surface area (Å²) >= 11 is 12.5. The van der Waals surface area contributed by atoms with E-state index in [1.165, 1.54) is 12.1 Å². The lowest BCUT2D eigenvalue weighted by Gasteiger charge is -2.08. The third kappa shape index (κ3) is 3.67. The highest BCUT2D eigenvalue weighted by Gasteiger charge is 2.04. The Hall–Kier alpha value is -0.650. The molecule has 0 aliphatic rings. The summed E-state index contributed by atoms with van der Waals surface area (Å²) in [5, 5.41) is 3.43. The predicted octanol–water partition coefficient (Wildman–Crippen LogP) is 5.01. The molecular weight excluding hydrogens is 386 g/mol. The Morgan fingerprint density at radius 1 is 1.22 bits per heavy atom. The van der Waals surface area contributed by atoms with Gasteiger partial charge in [0.25, 0.3) is 0 Å². The lowest BCUT2D eigenvalue weighted by Crippen LogP contribution is -2.02. The van der Waals surface area contributed by atoms with Crippen LogP contribution in [-0.2, 0) is 6.54 Å².